The molecule has 108 valence electrons. The number of nitrogens with two attached hydrogens (primary N) is 1. The predicted octanol–water partition coefficient (Wildman–Crippen LogP) is 2.80. The lowest BCUT2D eigenvalue weighted by Gasteiger charge is -2.17. The number of thiazole rings is 1. The summed E-state index contributed by atoms with van der Waals surface area (Å²) in [6.45, 7) is 3.59. The van der Waals surface area contributed by atoms with Gasteiger partial charge in [-0.2, -0.15) is 0 Å². The molecule has 0 radical (unpaired) electrons. The Morgan fingerprint density at radius 3 is 2.75 bits per heavy atom. The third kappa shape index (κ3) is 3.79. The van der Waals surface area contributed by atoms with E-state index in [1.807, 2.05) is 25.1 Å². The highest BCUT2D eigenvalue weighted by molar-refractivity contribution is 7.09. The van der Waals surface area contributed by atoms with E-state index in [2.05, 4.69) is 28.4 Å². The Balaban J connectivity index is 1.99. The normalized spacial score (nSPS) is 12.7. The lowest BCUT2D eigenvalue weighted by atomic mass is 10.2. The van der Waals surface area contributed by atoms with Gasteiger partial charge in [-0.1, -0.05) is 18.2 Å². The Morgan fingerprint density at radius 1 is 1.35 bits per heavy atom. The zero-order valence-electron chi connectivity index (χ0n) is 12.2. The molecule has 2 N–H and O–H groups in total. The molecule has 5 heteroatoms. The molecule has 0 amide bonds. The number of aromatic nitrogens is 1. The fraction of sp³-hybridized carbons (Fsp3) is 0.400. The van der Waals surface area contributed by atoms with E-state index in [-0.39, 0.29) is 6.04 Å². The minimum absolute atomic E-state index is 0.00766. The van der Waals surface area contributed by atoms with Crippen LogP contribution in [0, 0.1) is 0 Å². The van der Waals surface area contributed by atoms with E-state index in [4.69, 9.17) is 10.5 Å². The van der Waals surface area contributed by atoms with Crippen molar-refractivity contribution >= 4 is 11.3 Å². The Bertz CT molecular complexity index is 554. The van der Waals surface area contributed by atoms with Gasteiger partial charge in [-0.3, -0.25) is 4.90 Å². The third-order valence-corrected chi connectivity index (χ3v) is 4.12. The van der Waals surface area contributed by atoms with Gasteiger partial charge in [0.2, 0.25) is 0 Å². The van der Waals surface area contributed by atoms with E-state index in [9.17, 15) is 0 Å². The van der Waals surface area contributed by atoms with Gasteiger partial charge >= 0.3 is 0 Å². The lowest BCUT2D eigenvalue weighted by molar-refractivity contribution is 0.307. The summed E-state index contributed by atoms with van der Waals surface area (Å²) in [5.74, 6) is 0.925. The van der Waals surface area contributed by atoms with E-state index in [1.165, 1.54) is 5.56 Å². The monoisotopic (exact) mass is 291 g/mol. The maximum Gasteiger partial charge on any atom is 0.123 e. The second kappa shape index (κ2) is 6.83. The first-order chi connectivity index (χ1) is 9.60. The number of hydrogen-bond acceptors (Lipinski definition) is 5. The van der Waals surface area contributed by atoms with Gasteiger partial charge in [0, 0.05) is 24.0 Å². The molecule has 0 saturated carbocycles. The zero-order chi connectivity index (χ0) is 14.5. The van der Waals surface area contributed by atoms with Crippen LogP contribution >= 0.6 is 11.3 Å². The minimum Gasteiger partial charge on any atom is -0.496 e. The SMILES string of the molecule is COc1ccccc1CN(C)Cc1csc(C(C)N)n1. The van der Waals surface area contributed by atoms with Gasteiger partial charge in [-0.25, -0.2) is 4.98 Å². The highest BCUT2D eigenvalue weighted by Gasteiger charge is 2.10. The van der Waals surface area contributed by atoms with Crippen LogP contribution in [0.25, 0.3) is 0 Å². The molecule has 1 unspecified atom stereocenters. The van der Waals surface area contributed by atoms with Crippen LogP contribution in [0.1, 0.15) is 29.2 Å². The second-order valence-corrected chi connectivity index (χ2v) is 5.84. The maximum absolute atomic E-state index is 5.84. The summed E-state index contributed by atoms with van der Waals surface area (Å²) >= 11 is 1.63. The molecule has 20 heavy (non-hydrogen) atoms. The van der Waals surface area contributed by atoms with Crippen molar-refractivity contribution in [2.75, 3.05) is 14.2 Å². The molecule has 0 saturated heterocycles. The Kier molecular flexibility index (Phi) is 5.11. The van der Waals surface area contributed by atoms with E-state index < -0.39 is 0 Å². The molecule has 1 atom stereocenters. The molecule has 0 aliphatic heterocycles. The number of ether oxygens (including phenoxy) is 1. The van der Waals surface area contributed by atoms with Crippen molar-refractivity contribution in [1.82, 2.24) is 9.88 Å². The quantitative estimate of drug-likeness (QED) is 0.889. The van der Waals surface area contributed by atoms with Gasteiger partial charge in [-0.15, -0.1) is 11.3 Å². The highest BCUT2D eigenvalue weighted by Crippen LogP contribution is 2.21. The number of benzene rings is 1. The first-order valence-electron chi connectivity index (χ1n) is 6.60. The first kappa shape index (κ1) is 15.0. The fourth-order valence-electron chi connectivity index (χ4n) is 2.06. The zero-order valence-corrected chi connectivity index (χ0v) is 13.0. The summed E-state index contributed by atoms with van der Waals surface area (Å²) in [5, 5.41) is 3.07. The molecule has 0 bridgehead atoms. The van der Waals surface area contributed by atoms with Crippen LogP contribution < -0.4 is 10.5 Å². The molecule has 0 aliphatic carbocycles. The van der Waals surface area contributed by atoms with Gasteiger partial charge in [0.15, 0.2) is 0 Å². The van der Waals surface area contributed by atoms with Gasteiger partial charge in [-0.05, 0) is 20.0 Å². The molecule has 0 aliphatic rings. The van der Waals surface area contributed by atoms with E-state index >= 15 is 0 Å². The summed E-state index contributed by atoms with van der Waals surface area (Å²) in [4.78, 5) is 6.77. The fourth-order valence-corrected chi connectivity index (χ4v) is 2.83. The molecular formula is C15H21N3OS. The second-order valence-electron chi connectivity index (χ2n) is 4.95. The predicted molar refractivity (Wildman–Crippen MR) is 82.9 cm³/mol. The third-order valence-electron chi connectivity index (χ3n) is 3.02. The molecule has 0 fully saturated rings. The van der Waals surface area contributed by atoms with E-state index in [1.54, 1.807) is 18.4 Å². The van der Waals surface area contributed by atoms with Crippen LogP contribution in [0.3, 0.4) is 0 Å². The van der Waals surface area contributed by atoms with Crippen LogP contribution in [0.5, 0.6) is 5.75 Å². The van der Waals surface area contributed by atoms with Crippen LogP contribution in [0.4, 0.5) is 0 Å². The number of nitrogens with zero attached hydrogens (tertiary/aromatic N) is 2. The molecule has 4 nitrogen and oxygen atoms in total. The van der Waals surface area contributed by atoms with Crippen molar-refractivity contribution in [3.05, 3.63) is 45.9 Å². The van der Waals surface area contributed by atoms with Crippen LogP contribution in [-0.4, -0.2) is 24.0 Å². The summed E-state index contributed by atoms with van der Waals surface area (Å²) in [5.41, 5.74) is 8.09. The molecule has 1 aromatic carbocycles. The Hall–Kier alpha value is -1.43. The topological polar surface area (TPSA) is 51.4 Å². The number of methoxy groups -OCH3 is 1. The largest absolute Gasteiger partial charge is 0.496 e. The summed E-state index contributed by atoms with van der Waals surface area (Å²) in [6.07, 6.45) is 0. The minimum atomic E-state index is 0.00766. The maximum atomic E-state index is 5.84. The number of hydrogen-bond donors (Lipinski definition) is 1. The molecule has 0 spiro atoms. The van der Waals surface area contributed by atoms with Crippen LogP contribution in [0.2, 0.25) is 0 Å². The van der Waals surface area contributed by atoms with Crippen molar-refractivity contribution in [2.45, 2.75) is 26.1 Å². The Morgan fingerprint density at radius 2 is 2.10 bits per heavy atom. The van der Waals surface area contributed by atoms with E-state index in [0.29, 0.717) is 0 Å². The van der Waals surface area contributed by atoms with Crippen LogP contribution in [0.15, 0.2) is 29.6 Å². The smallest absolute Gasteiger partial charge is 0.123 e. The molecule has 2 rings (SSSR count). The average molecular weight is 291 g/mol. The standard InChI is InChI=1S/C15H21N3OS/c1-11(16)15-17-13(10-20-15)9-18(2)8-12-6-4-5-7-14(12)19-3/h4-7,10-11H,8-9,16H2,1-3H3. The van der Waals surface area contributed by atoms with Crippen molar-refractivity contribution < 1.29 is 4.74 Å². The van der Waals surface area contributed by atoms with Gasteiger partial charge in [0.1, 0.15) is 10.8 Å². The number of rotatable bonds is 6. The molecule has 2 aromatic rings. The lowest BCUT2D eigenvalue weighted by Crippen LogP contribution is -2.18. The van der Waals surface area contributed by atoms with Gasteiger partial charge in [0.05, 0.1) is 18.8 Å². The van der Waals surface area contributed by atoms with Crippen LogP contribution in [-0.2, 0) is 13.1 Å². The summed E-state index contributed by atoms with van der Waals surface area (Å²) in [6, 6.07) is 8.10. The van der Waals surface area contributed by atoms with E-state index in [0.717, 1.165) is 29.5 Å². The Labute approximate surface area is 124 Å². The van der Waals surface area contributed by atoms with Gasteiger partial charge < -0.3 is 10.5 Å². The first-order valence-corrected chi connectivity index (χ1v) is 7.48. The van der Waals surface area contributed by atoms with Crippen molar-refractivity contribution in [3.8, 4) is 5.75 Å². The number of para-hydroxylation sites is 1. The molecular weight excluding hydrogens is 270 g/mol. The van der Waals surface area contributed by atoms with Crippen molar-refractivity contribution in [2.24, 2.45) is 5.73 Å². The van der Waals surface area contributed by atoms with Gasteiger partial charge in [0.25, 0.3) is 0 Å². The van der Waals surface area contributed by atoms with Crippen molar-refractivity contribution in [1.29, 1.82) is 0 Å². The summed E-state index contributed by atoms with van der Waals surface area (Å²) < 4.78 is 5.38. The van der Waals surface area contributed by atoms with Crippen molar-refractivity contribution in [3.63, 3.8) is 0 Å². The molecule has 1 heterocycles. The molecule has 1 aromatic heterocycles. The highest BCUT2D eigenvalue weighted by atomic mass is 32.1. The summed E-state index contributed by atoms with van der Waals surface area (Å²) in [7, 11) is 3.78. The average Bonchev–Trinajstić information content (AvgIpc) is 2.88.